The standard InChI is InChI=1S/C23H28N4O4/c1-23(2,3)16-9-7-15(8-10-16)21-25-22(27-26-21)24-19(28)13-14-11-17(29-4)20(31-6)18(12-14)30-5/h7-12H,13H2,1-6H3,(H2,24,25,26,27,28). The average Bonchev–Trinajstić information content (AvgIpc) is 3.20. The lowest BCUT2D eigenvalue weighted by Crippen LogP contribution is -2.15. The molecule has 1 amide bonds. The molecule has 2 aromatic carbocycles. The van der Waals surface area contributed by atoms with Gasteiger partial charge in [0, 0.05) is 5.56 Å². The Balaban J connectivity index is 1.70. The number of aromatic amines is 1. The number of carbonyl (C=O) groups is 1. The first-order valence-corrected chi connectivity index (χ1v) is 9.87. The summed E-state index contributed by atoms with van der Waals surface area (Å²) in [7, 11) is 4.60. The summed E-state index contributed by atoms with van der Waals surface area (Å²) in [6, 6.07) is 11.6. The molecule has 1 aromatic heterocycles. The Morgan fingerprint density at radius 1 is 1.00 bits per heavy atom. The van der Waals surface area contributed by atoms with Crippen LogP contribution in [0.15, 0.2) is 36.4 Å². The Morgan fingerprint density at radius 2 is 1.61 bits per heavy atom. The first kappa shape index (κ1) is 22.1. The lowest BCUT2D eigenvalue weighted by Gasteiger charge is -2.18. The SMILES string of the molecule is COc1cc(CC(=O)Nc2n[nH]c(-c3ccc(C(C)(C)C)cc3)n2)cc(OC)c1OC. The third-order valence-corrected chi connectivity index (χ3v) is 4.85. The van der Waals surface area contributed by atoms with E-state index in [2.05, 4.69) is 53.4 Å². The van der Waals surface area contributed by atoms with Crippen LogP contribution in [0.4, 0.5) is 5.95 Å². The summed E-state index contributed by atoms with van der Waals surface area (Å²) in [4.78, 5) is 16.9. The van der Waals surface area contributed by atoms with E-state index in [4.69, 9.17) is 14.2 Å². The third-order valence-electron chi connectivity index (χ3n) is 4.85. The second kappa shape index (κ2) is 9.07. The number of methoxy groups -OCH3 is 3. The number of benzene rings is 2. The van der Waals surface area contributed by atoms with E-state index in [9.17, 15) is 4.79 Å². The summed E-state index contributed by atoms with van der Waals surface area (Å²) in [6.45, 7) is 6.49. The van der Waals surface area contributed by atoms with Gasteiger partial charge in [-0.05, 0) is 28.7 Å². The second-order valence-corrected chi connectivity index (χ2v) is 8.09. The van der Waals surface area contributed by atoms with E-state index in [1.807, 2.05) is 12.1 Å². The molecule has 0 spiro atoms. The molecule has 3 rings (SSSR count). The maximum atomic E-state index is 12.5. The zero-order valence-corrected chi connectivity index (χ0v) is 18.7. The number of hydrogen-bond donors (Lipinski definition) is 2. The van der Waals surface area contributed by atoms with Gasteiger partial charge in [-0.25, -0.2) is 0 Å². The van der Waals surface area contributed by atoms with Gasteiger partial charge in [-0.3, -0.25) is 15.2 Å². The largest absolute Gasteiger partial charge is 0.493 e. The van der Waals surface area contributed by atoms with Crippen molar-refractivity contribution >= 4 is 11.9 Å². The zero-order chi connectivity index (χ0) is 22.6. The van der Waals surface area contributed by atoms with Crippen LogP contribution in [0.25, 0.3) is 11.4 Å². The number of rotatable bonds is 7. The third kappa shape index (κ3) is 5.14. The van der Waals surface area contributed by atoms with Crippen molar-refractivity contribution in [1.82, 2.24) is 15.2 Å². The molecule has 0 radical (unpaired) electrons. The number of carbonyl (C=O) groups excluding carboxylic acids is 1. The molecule has 0 aliphatic heterocycles. The van der Waals surface area contributed by atoms with Gasteiger partial charge >= 0.3 is 0 Å². The van der Waals surface area contributed by atoms with Gasteiger partial charge in [0.15, 0.2) is 17.3 Å². The monoisotopic (exact) mass is 424 g/mol. The Morgan fingerprint density at radius 3 is 2.13 bits per heavy atom. The molecule has 0 unspecified atom stereocenters. The highest BCUT2D eigenvalue weighted by atomic mass is 16.5. The number of H-pyrrole nitrogens is 1. The summed E-state index contributed by atoms with van der Waals surface area (Å²) in [5.74, 6) is 2.00. The second-order valence-electron chi connectivity index (χ2n) is 8.09. The fraction of sp³-hybridized carbons (Fsp3) is 0.348. The smallest absolute Gasteiger partial charge is 0.249 e. The molecule has 3 aromatic rings. The van der Waals surface area contributed by atoms with Crippen LogP contribution in [0.3, 0.4) is 0 Å². The lowest BCUT2D eigenvalue weighted by molar-refractivity contribution is -0.115. The number of hydrogen-bond acceptors (Lipinski definition) is 6. The van der Waals surface area contributed by atoms with Crippen molar-refractivity contribution < 1.29 is 19.0 Å². The van der Waals surface area contributed by atoms with E-state index in [0.29, 0.717) is 28.6 Å². The van der Waals surface area contributed by atoms with E-state index < -0.39 is 0 Å². The number of anilines is 1. The first-order chi connectivity index (χ1) is 14.7. The molecule has 31 heavy (non-hydrogen) atoms. The van der Waals surface area contributed by atoms with Crippen LogP contribution >= 0.6 is 0 Å². The van der Waals surface area contributed by atoms with Crippen molar-refractivity contribution in [3.63, 3.8) is 0 Å². The van der Waals surface area contributed by atoms with Crippen molar-refractivity contribution in [3.05, 3.63) is 47.5 Å². The molecule has 2 N–H and O–H groups in total. The summed E-state index contributed by atoms with van der Waals surface area (Å²) in [6.07, 6.45) is 0.0981. The summed E-state index contributed by atoms with van der Waals surface area (Å²) < 4.78 is 16.0. The van der Waals surface area contributed by atoms with E-state index in [0.717, 1.165) is 5.56 Å². The predicted octanol–water partition coefficient (Wildman–Crippen LogP) is 3.98. The molecular formula is C23H28N4O4. The number of nitrogens with zero attached hydrogens (tertiary/aromatic N) is 2. The molecule has 0 aliphatic carbocycles. The topological polar surface area (TPSA) is 98.4 Å². The summed E-state index contributed by atoms with van der Waals surface area (Å²) in [5.41, 5.74) is 2.91. The van der Waals surface area contributed by atoms with Gasteiger partial charge in [-0.1, -0.05) is 45.0 Å². The Kier molecular flexibility index (Phi) is 6.48. The molecule has 8 heteroatoms. The van der Waals surface area contributed by atoms with Crippen LogP contribution in [0.2, 0.25) is 0 Å². The van der Waals surface area contributed by atoms with Crippen LogP contribution in [0.5, 0.6) is 17.2 Å². The minimum absolute atomic E-state index is 0.0753. The molecule has 1 heterocycles. The van der Waals surface area contributed by atoms with E-state index in [1.54, 1.807) is 12.1 Å². The highest BCUT2D eigenvalue weighted by molar-refractivity contribution is 5.91. The van der Waals surface area contributed by atoms with Gasteiger partial charge < -0.3 is 14.2 Å². The van der Waals surface area contributed by atoms with E-state index >= 15 is 0 Å². The van der Waals surface area contributed by atoms with Crippen LogP contribution in [-0.2, 0) is 16.6 Å². The summed E-state index contributed by atoms with van der Waals surface area (Å²) in [5, 5.41) is 9.69. The first-order valence-electron chi connectivity index (χ1n) is 9.87. The van der Waals surface area contributed by atoms with Crippen LogP contribution in [0.1, 0.15) is 31.9 Å². The highest BCUT2D eigenvalue weighted by Crippen LogP contribution is 2.38. The maximum absolute atomic E-state index is 12.5. The van der Waals surface area contributed by atoms with Crippen LogP contribution < -0.4 is 19.5 Å². The van der Waals surface area contributed by atoms with E-state index in [1.165, 1.54) is 26.9 Å². The fourth-order valence-corrected chi connectivity index (χ4v) is 3.17. The lowest BCUT2D eigenvalue weighted by atomic mass is 9.87. The molecule has 8 nitrogen and oxygen atoms in total. The molecule has 0 saturated carbocycles. The summed E-state index contributed by atoms with van der Waals surface area (Å²) >= 11 is 0. The van der Waals surface area contributed by atoms with Gasteiger partial charge in [0.05, 0.1) is 27.8 Å². The van der Waals surface area contributed by atoms with Crippen molar-refractivity contribution in [2.75, 3.05) is 26.6 Å². The molecule has 0 saturated heterocycles. The van der Waals surface area contributed by atoms with Gasteiger partial charge in [-0.2, -0.15) is 4.98 Å². The van der Waals surface area contributed by atoms with Crippen LogP contribution in [0, 0.1) is 0 Å². The van der Waals surface area contributed by atoms with Crippen molar-refractivity contribution in [2.24, 2.45) is 0 Å². The van der Waals surface area contributed by atoms with Gasteiger partial charge in [0.25, 0.3) is 0 Å². The Bertz CT molecular complexity index is 1030. The van der Waals surface area contributed by atoms with Gasteiger partial charge in [0.1, 0.15) is 0 Å². The highest BCUT2D eigenvalue weighted by Gasteiger charge is 2.17. The molecule has 0 aliphatic rings. The minimum atomic E-state index is -0.261. The van der Waals surface area contributed by atoms with Crippen molar-refractivity contribution in [2.45, 2.75) is 32.6 Å². The van der Waals surface area contributed by atoms with Crippen molar-refractivity contribution in [1.29, 1.82) is 0 Å². The maximum Gasteiger partial charge on any atom is 0.249 e. The average molecular weight is 425 g/mol. The number of nitrogens with one attached hydrogen (secondary N) is 2. The molecule has 0 bridgehead atoms. The fourth-order valence-electron chi connectivity index (χ4n) is 3.17. The number of aromatic nitrogens is 3. The number of amides is 1. The Hall–Kier alpha value is -3.55. The normalized spacial score (nSPS) is 11.2. The Labute approximate surface area is 181 Å². The molecular weight excluding hydrogens is 396 g/mol. The zero-order valence-electron chi connectivity index (χ0n) is 18.7. The quantitative estimate of drug-likeness (QED) is 0.595. The number of ether oxygens (including phenoxy) is 3. The van der Waals surface area contributed by atoms with Gasteiger partial charge in [-0.15, -0.1) is 5.10 Å². The molecule has 0 atom stereocenters. The van der Waals surface area contributed by atoms with Crippen LogP contribution in [-0.4, -0.2) is 42.4 Å². The predicted molar refractivity (Wildman–Crippen MR) is 119 cm³/mol. The van der Waals surface area contributed by atoms with Crippen molar-refractivity contribution in [3.8, 4) is 28.6 Å². The minimum Gasteiger partial charge on any atom is -0.493 e. The molecule has 0 fully saturated rings. The molecule has 164 valence electrons. The van der Waals surface area contributed by atoms with E-state index in [-0.39, 0.29) is 23.7 Å². The van der Waals surface area contributed by atoms with Gasteiger partial charge in [0.2, 0.25) is 17.6 Å².